The Balaban J connectivity index is 1.84. The monoisotopic (exact) mass is 536 g/mol. The molecular weight excluding hydrogens is 500 g/mol. The third-order valence-electron chi connectivity index (χ3n) is 6.76. The number of hydrogen-bond acceptors (Lipinski definition) is 5. The molecule has 0 saturated carbocycles. The molecule has 0 radical (unpaired) electrons. The molecule has 0 saturated heterocycles. The highest BCUT2D eigenvalue weighted by Crippen LogP contribution is 2.30. The molecule has 38 heavy (non-hydrogen) atoms. The van der Waals surface area contributed by atoms with Crippen LogP contribution in [0.2, 0.25) is 5.02 Å². The lowest BCUT2D eigenvalue weighted by Crippen LogP contribution is -2.20. The van der Waals surface area contributed by atoms with Gasteiger partial charge in [-0.3, -0.25) is 9.59 Å². The van der Waals surface area contributed by atoms with Gasteiger partial charge in [0.15, 0.2) is 5.78 Å². The van der Waals surface area contributed by atoms with Gasteiger partial charge in [0.2, 0.25) is 0 Å². The van der Waals surface area contributed by atoms with Crippen LogP contribution in [-0.2, 0) is 24.2 Å². The van der Waals surface area contributed by atoms with Crippen LogP contribution in [0, 0.1) is 17.2 Å². The molecule has 0 bridgehead atoms. The number of carboxylic acid groups (broad SMARTS) is 1. The fraction of sp³-hybridized carbons (Fsp3) is 0.467. The van der Waals surface area contributed by atoms with Crippen LogP contribution in [0.15, 0.2) is 36.5 Å². The molecule has 0 fully saturated rings. The molecule has 202 valence electrons. The van der Waals surface area contributed by atoms with E-state index < -0.39 is 5.97 Å². The van der Waals surface area contributed by atoms with Crippen molar-refractivity contribution < 1.29 is 14.7 Å². The molecule has 1 N–H and O–H groups in total. The third kappa shape index (κ3) is 8.14. The molecule has 3 rings (SSSR count). The molecule has 1 atom stereocenters. The van der Waals surface area contributed by atoms with Gasteiger partial charge >= 0.3 is 5.97 Å². The number of aliphatic carboxylic acids is 1. The Morgan fingerprint density at radius 1 is 1.13 bits per heavy atom. The summed E-state index contributed by atoms with van der Waals surface area (Å²) in [7, 11) is 4.01. The number of ketones is 1. The summed E-state index contributed by atoms with van der Waals surface area (Å²) >= 11 is 6.10. The number of nitriles is 1. The Bertz CT molecular complexity index is 1310. The van der Waals surface area contributed by atoms with Crippen molar-refractivity contribution in [2.24, 2.45) is 5.92 Å². The first-order valence-corrected chi connectivity index (χ1v) is 13.6. The van der Waals surface area contributed by atoms with E-state index in [-0.39, 0.29) is 24.5 Å². The summed E-state index contributed by atoms with van der Waals surface area (Å²) in [5.74, 6) is -1.28. The number of benzene rings is 1. The number of rotatable bonds is 15. The second kappa shape index (κ2) is 14.1. The second-order valence-electron chi connectivity index (χ2n) is 10.4. The number of halogens is 1. The Morgan fingerprint density at radius 2 is 1.87 bits per heavy atom. The number of unbranched alkanes of at least 4 members (excludes halogenated alkanes) is 3. The summed E-state index contributed by atoms with van der Waals surface area (Å²) in [6.45, 7) is 3.24. The van der Waals surface area contributed by atoms with E-state index in [1.54, 1.807) is 19.2 Å². The average molecular weight is 537 g/mol. The number of pyridine rings is 1. The van der Waals surface area contributed by atoms with Crippen LogP contribution in [0.4, 0.5) is 0 Å². The Hall–Kier alpha value is -3.21. The first-order chi connectivity index (χ1) is 18.2. The van der Waals surface area contributed by atoms with E-state index in [1.165, 1.54) is 5.56 Å². The Kier molecular flexibility index (Phi) is 10.9. The fourth-order valence-electron chi connectivity index (χ4n) is 4.90. The summed E-state index contributed by atoms with van der Waals surface area (Å²) in [5, 5.41) is 20.1. The zero-order chi connectivity index (χ0) is 27.7. The third-order valence-corrected chi connectivity index (χ3v) is 6.99. The molecule has 1 aromatic carbocycles. The normalized spacial score (nSPS) is 12.1. The molecule has 3 aromatic rings. The lowest BCUT2D eigenvalue weighted by molar-refractivity contribution is -0.137. The SMILES string of the molecule is C[C@H](CC(=O)O)CC(=O)c1c(CCCCCCc2cccc(Cl)c2)n(CCN(C)C)c2ncc(C#N)cc12. The largest absolute Gasteiger partial charge is 0.481 e. The molecule has 2 heterocycles. The topological polar surface area (TPSA) is 99.2 Å². The van der Waals surface area contributed by atoms with Crippen molar-refractivity contribution >= 4 is 34.4 Å². The number of hydrogen-bond donors (Lipinski definition) is 1. The molecular formula is C30H37ClN4O3. The van der Waals surface area contributed by atoms with Crippen molar-refractivity contribution in [3.63, 3.8) is 0 Å². The van der Waals surface area contributed by atoms with E-state index in [0.717, 1.165) is 55.8 Å². The van der Waals surface area contributed by atoms with Crippen LogP contribution >= 0.6 is 11.6 Å². The number of carboxylic acids is 1. The van der Waals surface area contributed by atoms with Crippen molar-refractivity contribution in [2.75, 3.05) is 20.6 Å². The van der Waals surface area contributed by atoms with Crippen molar-refractivity contribution in [1.29, 1.82) is 5.26 Å². The first-order valence-electron chi connectivity index (χ1n) is 13.2. The highest BCUT2D eigenvalue weighted by molar-refractivity contribution is 6.30. The van der Waals surface area contributed by atoms with Crippen LogP contribution < -0.4 is 0 Å². The van der Waals surface area contributed by atoms with E-state index in [2.05, 4.69) is 26.6 Å². The quantitative estimate of drug-likeness (QED) is 0.185. The van der Waals surface area contributed by atoms with Gasteiger partial charge in [-0.15, -0.1) is 0 Å². The highest BCUT2D eigenvalue weighted by atomic mass is 35.5. The molecule has 0 aliphatic carbocycles. The molecule has 0 unspecified atom stereocenters. The van der Waals surface area contributed by atoms with E-state index in [9.17, 15) is 20.0 Å². The average Bonchev–Trinajstić information content (AvgIpc) is 3.16. The van der Waals surface area contributed by atoms with Crippen molar-refractivity contribution in [2.45, 2.75) is 64.8 Å². The number of likely N-dealkylation sites (N-methyl/N-ethyl adjacent to an activating group) is 1. The van der Waals surface area contributed by atoms with E-state index in [0.29, 0.717) is 28.7 Å². The van der Waals surface area contributed by atoms with Crippen LogP contribution in [-0.4, -0.2) is 52.0 Å². The zero-order valence-corrected chi connectivity index (χ0v) is 23.3. The lowest BCUT2D eigenvalue weighted by Gasteiger charge is -2.15. The number of carbonyl (C=O) groups excluding carboxylic acids is 1. The van der Waals surface area contributed by atoms with Crippen LogP contribution in [0.25, 0.3) is 11.0 Å². The van der Waals surface area contributed by atoms with Gasteiger partial charge in [-0.1, -0.05) is 43.5 Å². The smallest absolute Gasteiger partial charge is 0.303 e. The minimum atomic E-state index is -0.912. The van der Waals surface area contributed by atoms with Gasteiger partial charge in [0.25, 0.3) is 0 Å². The minimum Gasteiger partial charge on any atom is -0.481 e. The van der Waals surface area contributed by atoms with Crippen molar-refractivity contribution in [3.8, 4) is 6.07 Å². The molecule has 7 nitrogen and oxygen atoms in total. The van der Waals surface area contributed by atoms with Gasteiger partial charge in [-0.05, 0) is 69.5 Å². The summed E-state index contributed by atoms with van der Waals surface area (Å²) in [4.78, 5) is 31.5. The predicted octanol–water partition coefficient (Wildman–Crippen LogP) is 6.15. The number of Topliss-reactive ketones (excluding diaryl/α,β-unsaturated/α-hetero) is 1. The number of fused-ring (bicyclic) bond motifs is 1. The van der Waals surface area contributed by atoms with Gasteiger partial charge in [0, 0.05) is 53.8 Å². The summed E-state index contributed by atoms with van der Waals surface area (Å²) in [5.41, 5.74) is 3.88. The van der Waals surface area contributed by atoms with Crippen molar-refractivity contribution in [3.05, 3.63) is 63.9 Å². The van der Waals surface area contributed by atoms with E-state index >= 15 is 0 Å². The van der Waals surface area contributed by atoms with Gasteiger partial charge in [-0.25, -0.2) is 4.98 Å². The molecule has 0 aliphatic heterocycles. The van der Waals surface area contributed by atoms with Crippen LogP contribution in [0.3, 0.4) is 0 Å². The molecule has 2 aromatic heterocycles. The van der Waals surface area contributed by atoms with Gasteiger partial charge in [0.05, 0.1) is 5.56 Å². The molecule has 0 amide bonds. The molecule has 8 heteroatoms. The Labute approximate surface area is 230 Å². The standard InChI is InChI=1S/C30H37ClN4O3/c1-21(16-28(37)38)15-27(36)29-25-18-23(19-32)20-33-30(25)35(14-13-34(2)3)26(29)12-7-5-4-6-9-22-10-8-11-24(31)17-22/h8,10-11,17-18,20-21H,4-7,9,12-16H2,1-3H3,(H,37,38)/t21-/m0/s1. The maximum atomic E-state index is 13.6. The maximum Gasteiger partial charge on any atom is 0.303 e. The van der Waals surface area contributed by atoms with Crippen LogP contribution in [0.1, 0.15) is 72.6 Å². The predicted molar refractivity (Wildman–Crippen MR) is 151 cm³/mol. The van der Waals surface area contributed by atoms with Gasteiger partial charge in [0.1, 0.15) is 11.7 Å². The number of carbonyl (C=O) groups is 2. The zero-order valence-electron chi connectivity index (χ0n) is 22.5. The van der Waals surface area contributed by atoms with Crippen LogP contribution in [0.5, 0.6) is 0 Å². The molecule has 0 spiro atoms. The number of aromatic nitrogens is 2. The van der Waals surface area contributed by atoms with Crippen molar-refractivity contribution in [1.82, 2.24) is 14.5 Å². The second-order valence-corrected chi connectivity index (χ2v) is 10.8. The number of nitrogens with zero attached hydrogens (tertiary/aromatic N) is 4. The van der Waals surface area contributed by atoms with Gasteiger partial charge < -0.3 is 14.6 Å². The van der Waals surface area contributed by atoms with Gasteiger partial charge in [-0.2, -0.15) is 5.26 Å². The van der Waals surface area contributed by atoms with E-state index in [4.69, 9.17) is 11.6 Å². The summed E-state index contributed by atoms with van der Waals surface area (Å²) in [6.07, 6.45) is 7.41. The van der Waals surface area contributed by atoms with E-state index in [1.807, 2.05) is 32.3 Å². The lowest BCUT2D eigenvalue weighted by atomic mass is 9.94. The minimum absolute atomic E-state index is 0.0608. The fourth-order valence-corrected chi connectivity index (χ4v) is 5.12. The first kappa shape index (κ1) is 29.3. The maximum absolute atomic E-state index is 13.6. The Morgan fingerprint density at radius 3 is 2.53 bits per heavy atom. The highest BCUT2D eigenvalue weighted by Gasteiger charge is 2.25. The molecule has 0 aliphatic rings. The summed E-state index contributed by atoms with van der Waals surface area (Å²) < 4.78 is 2.12. The number of aryl methyl sites for hydroxylation is 1. The summed E-state index contributed by atoms with van der Waals surface area (Å²) in [6, 6.07) is 11.9.